The number of sulfonamides is 1. The predicted molar refractivity (Wildman–Crippen MR) is 88.8 cm³/mol. The van der Waals surface area contributed by atoms with Crippen LogP contribution in [0.25, 0.3) is 0 Å². The smallest absolute Gasteiger partial charge is 0.241 e. The molecule has 0 aliphatic heterocycles. The highest BCUT2D eigenvalue weighted by Crippen LogP contribution is 2.14. The first-order chi connectivity index (χ1) is 11.7. The van der Waals surface area contributed by atoms with E-state index < -0.39 is 28.3 Å². The Morgan fingerprint density at radius 3 is 2.64 bits per heavy atom. The van der Waals surface area contributed by atoms with Crippen LogP contribution in [0, 0.1) is 12.7 Å². The number of aromatic nitrogens is 1. The molecule has 0 atom stereocenters. The van der Waals surface area contributed by atoms with Crippen LogP contribution in [0.15, 0.2) is 33.7 Å². The Bertz CT molecular complexity index is 862. The maximum absolute atomic E-state index is 13.2. The van der Waals surface area contributed by atoms with Gasteiger partial charge in [0, 0.05) is 6.07 Å². The van der Waals surface area contributed by atoms with E-state index in [4.69, 9.17) is 4.52 Å². The number of halogens is 1. The molecule has 0 saturated heterocycles. The average Bonchev–Trinajstić information content (AvgIpc) is 3.03. The standard InChI is InChI=1S/C16H20FN3O4S/c1-10(2)15-7-12(24-20-15)8-18-16(21)9-19-25(22,23)13-4-5-14(17)11(3)6-13/h4-7,10,19H,8-9H2,1-3H3,(H,18,21). The molecule has 0 saturated carbocycles. The molecule has 0 unspecified atom stereocenters. The fourth-order valence-corrected chi connectivity index (χ4v) is 3.03. The Kier molecular flexibility index (Phi) is 5.91. The number of carbonyl (C=O) groups is 1. The lowest BCUT2D eigenvalue weighted by Gasteiger charge is -2.08. The molecule has 2 N–H and O–H groups in total. The minimum absolute atomic E-state index is 0.101. The summed E-state index contributed by atoms with van der Waals surface area (Å²) in [5.74, 6) is -0.331. The Morgan fingerprint density at radius 2 is 2.04 bits per heavy atom. The van der Waals surface area contributed by atoms with E-state index in [1.165, 1.54) is 13.0 Å². The van der Waals surface area contributed by atoms with Gasteiger partial charge in [-0.25, -0.2) is 17.5 Å². The highest BCUT2D eigenvalue weighted by molar-refractivity contribution is 7.89. The number of hydrogen-bond acceptors (Lipinski definition) is 5. The van der Waals surface area contributed by atoms with Crippen LogP contribution >= 0.6 is 0 Å². The molecule has 1 amide bonds. The number of hydrogen-bond donors (Lipinski definition) is 2. The van der Waals surface area contributed by atoms with Crippen molar-refractivity contribution in [3.8, 4) is 0 Å². The van der Waals surface area contributed by atoms with Gasteiger partial charge >= 0.3 is 0 Å². The number of amides is 1. The maximum Gasteiger partial charge on any atom is 0.241 e. The zero-order chi connectivity index (χ0) is 18.6. The molecule has 136 valence electrons. The van der Waals surface area contributed by atoms with Crippen LogP contribution in [0.1, 0.15) is 36.8 Å². The summed E-state index contributed by atoms with van der Waals surface area (Å²) in [7, 11) is -3.90. The van der Waals surface area contributed by atoms with Crippen LogP contribution in [-0.2, 0) is 21.4 Å². The lowest BCUT2D eigenvalue weighted by atomic mass is 10.1. The molecule has 0 fully saturated rings. The van der Waals surface area contributed by atoms with Gasteiger partial charge in [0.1, 0.15) is 5.82 Å². The van der Waals surface area contributed by atoms with Crippen molar-refractivity contribution in [1.82, 2.24) is 15.2 Å². The second-order valence-electron chi connectivity index (χ2n) is 5.89. The van der Waals surface area contributed by atoms with Gasteiger partial charge in [0.05, 0.1) is 23.7 Å². The first-order valence-electron chi connectivity index (χ1n) is 7.67. The fraction of sp³-hybridized carbons (Fsp3) is 0.375. The molecule has 0 bridgehead atoms. The summed E-state index contributed by atoms with van der Waals surface area (Å²) in [6.45, 7) is 5.06. The normalized spacial score (nSPS) is 11.7. The number of nitrogens with one attached hydrogen (secondary N) is 2. The highest BCUT2D eigenvalue weighted by Gasteiger charge is 2.17. The van der Waals surface area contributed by atoms with E-state index in [0.717, 1.165) is 17.8 Å². The van der Waals surface area contributed by atoms with Gasteiger partial charge in [0.2, 0.25) is 15.9 Å². The van der Waals surface area contributed by atoms with E-state index in [9.17, 15) is 17.6 Å². The van der Waals surface area contributed by atoms with Gasteiger partial charge in [0.25, 0.3) is 0 Å². The number of rotatable bonds is 7. The second kappa shape index (κ2) is 7.75. The molecule has 7 nitrogen and oxygen atoms in total. The highest BCUT2D eigenvalue weighted by atomic mass is 32.2. The van der Waals surface area contributed by atoms with Crippen molar-refractivity contribution in [2.45, 2.75) is 38.1 Å². The SMILES string of the molecule is Cc1cc(S(=O)(=O)NCC(=O)NCc2cc(C(C)C)no2)ccc1F. The topological polar surface area (TPSA) is 101 Å². The number of carbonyl (C=O) groups excluding carboxylic acids is 1. The summed E-state index contributed by atoms with van der Waals surface area (Å²) < 4.78 is 44.7. The summed E-state index contributed by atoms with van der Waals surface area (Å²) in [5, 5.41) is 6.40. The van der Waals surface area contributed by atoms with Crippen molar-refractivity contribution in [2.24, 2.45) is 0 Å². The van der Waals surface area contributed by atoms with E-state index in [0.29, 0.717) is 5.76 Å². The van der Waals surface area contributed by atoms with Gasteiger partial charge < -0.3 is 9.84 Å². The lowest BCUT2D eigenvalue weighted by molar-refractivity contribution is -0.120. The van der Waals surface area contributed by atoms with Crippen LogP contribution in [0.2, 0.25) is 0 Å². The van der Waals surface area contributed by atoms with Crippen molar-refractivity contribution < 1.29 is 22.1 Å². The van der Waals surface area contributed by atoms with E-state index in [1.54, 1.807) is 6.07 Å². The Morgan fingerprint density at radius 1 is 1.32 bits per heavy atom. The van der Waals surface area contributed by atoms with Crippen molar-refractivity contribution in [3.05, 3.63) is 47.1 Å². The molecule has 2 aromatic rings. The molecule has 0 radical (unpaired) electrons. The number of nitrogens with zero attached hydrogens (tertiary/aromatic N) is 1. The van der Waals surface area contributed by atoms with Crippen LogP contribution in [0.4, 0.5) is 4.39 Å². The van der Waals surface area contributed by atoms with Crippen LogP contribution in [0.5, 0.6) is 0 Å². The molecule has 0 aliphatic rings. The third-order valence-corrected chi connectivity index (χ3v) is 4.89. The Balaban J connectivity index is 1.88. The second-order valence-corrected chi connectivity index (χ2v) is 7.65. The Labute approximate surface area is 145 Å². The number of aryl methyl sites for hydroxylation is 1. The molecule has 1 aromatic heterocycles. The summed E-state index contributed by atoms with van der Waals surface area (Å²) >= 11 is 0. The summed E-state index contributed by atoms with van der Waals surface area (Å²) in [5.41, 5.74) is 0.982. The minimum atomic E-state index is -3.90. The van der Waals surface area contributed by atoms with Gasteiger partial charge in [0.15, 0.2) is 5.76 Å². The maximum atomic E-state index is 13.2. The largest absolute Gasteiger partial charge is 0.359 e. The van der Waals surface area contributed by atoms with Crippen molar-refractivity contribution in [2.75, 3.05) is 6.54 Å². The van der Waals surface area contributed by atoms with E-state index in [-0.39, 0.29) is 22.9 Å². The van der Waals surface area contributed by atoms with Gasteiger partial charge in [-0.05, 0) is 36.6 Å². The van der Waals surface area contributed by atoms with E-state index in [2.05, 4.69) is 15.2 Å². The minimum Gasteiger partial charge on any atom is -0.359 e. The summed E-state index contributed by atoms with van der Waals surface area (Å²) in [6.07, 6.45) is 0. The van der Waals surface area contributed by atoms with Gasteiger partial charge in [-0.15, -0.1) is 0 Å². The van der Waals surface area contributed by atoms with Crippen molar-refractivity contribution in [3.63, 3.8) is 0 Å². The third-order valence-electron chi connectivity index (χ3n) is 3.49. The molecule has 1 aromatic carbocycles. The molecular formula is C16H20FN3O4S. The average molecular weight is 369 g/mol. The molecule has 1 heterocycles. The van der Waals surface area contributed by atoms with Crippen LogP contribution in [0.3, 0.4) is 0 Å². The summed E-state index contributed by atoms with van der Waals surface area (Å²) in [4.78, 5) is 11.7. The molecule has 2 rings (SSSR count). The van der Waals surface area contributed by atoms with E-state index >= 15 is 0 Å². The van der Waals surface area contributed by atoms with Crippen LogP contribution < -0.4 is 10.0 Å². The molecule has 25 heavy (non-hydrogen) atoms. The summed E-state index contributed by atoms with van der Waals surface area (Å²) in [6, 6.07) is 5.15. The van der Waals surface area contributed by atoms with Gasteiger partial charge in [-0.1, -0.05) is 19.0 Å². The lowest BCUT2D eigenvalue weighted by Crippen LogP contribution is -2.36. The zero-order valence-corrected chi connectivity index (χ0v) is 15.0. The first kappa shape index (κ1) is 19.1. The quantitative estimate of drug-likeness (QED) is 0.775. The molecule has 0 aliphatic carbocycles. The fourth-order valence-electron chi connectivity index (χ4n) is 1.96. The van der Waals surface area contributed by atoms with Crippen molar-refractivity contribution >= 4 is 15.9 Å². The molecule has 0 spiro atoms. The molecule has 9 heteroatoms. The Hall–Kier alpha value is -2.26. The van der Waals surface area contributed by atoms with Crippen LogP contribution in [-0.4, -0.2) is 26.0 Å². The molecular weight excluding hydrogens is 349 g/mol. The number of benzene rings is 1. The van der Waals surface area contributed by atoms with Gasteiger partial charge in [-0.3, -0.25) is 4.79 Å². The van der Waals surface area contributed by atoms with Gasteiger partial charge in [-0.2, -0.15) is 0 Å². The first-order valence-corrected chi connectivity index (χ1v) is 9.15. The monoisotopic (exact) mass is 369 g/mol. The predicted octanol–water partition coefficient (Wildman–Crippen LogP) is 1.84. The van der Waals surface area contributed by atoms with Crippen molar-refractivity contribution in [1.29, 1.82) is 0 Å². The van der Waals surface area contributed by atoms with E-state index in [1.807, 2.05) is 13.8 Å². The zero-order valence-electron chi connectivity index (χ0n) is 14.2. The third kappa shape index (κ3) is 5.10.